The number of aryl methyl sites for hydroxylation is 1. The van der Waals surface area contributed by atoms with Gasteiger partial charge in [0.1, 0.15) is 5.82 Å². The zero-order valence-corrected chi connectivity index (χ0v) is 17.5. The largest absolute Gasteiger partial charge is 0.478 e. The van der Waals surface area contributed by atoms with Gasteiger partial charge in [-0.15, -0.1) is 5.10 Å². The summed E-state index contributed by atoms with van der Waals surface area (Å²) in [6, 6.07) is 14.7. The van der Waals surface area contributed by atoms with Gasteiger partial charge in [-0.1, -0.05) is 62.7 Å². The first-order valence-corrected chi connectivity index (χ1v) is 10.4. The molecule has 3 aromatic rings. The summed E-state index contributed by atoms with van der Waals surface area (Å²) in [5, 5.41) is 13.9. The number of benzene rings is 2. The van der Waals surface area contributed by atoms with Crippen LogP contribution in [0.1, 0.15) is 71.9 Å². The number of ketones is 1. The molecule has 6 heteroatoms. The topological polar surface area (TPSA) is 85.1 Å². The maximum absolute atomic E-state index is 12.3. The van der Waals surface area contributed by atoms with Gasteiger partial charge in [0.05, 0.1) is 12.1 Å². The maximum Gasteiger partial charge on any atom is 0.336 e. The van der Waals surface area contributed by atoms with Gasteiger partial charge < -0.3 is 5.11 Å². The summed E-state index contributed by atoms with van der Waals surface area (Å²) < 4.78 is 1.81. The highest BCUT2D eigenvalue weighted by molar-refractivity contribution is 5.96. The van der Waals surface area contributed by atoms with Crippen LogP contribution < -0.4 is 0 Å². The molecule has 0 aliphatic heterocycles. The lowest BCUT2D eigenvalue weighted by Gasteiger charge is -2.09. The van der Waals surface area contributed by atoms with Crippen molar-refractivity contribution >= 4 is 11.8 Å². The van der Waals surface area contributed by atoms with Crippen LogP contribution in [0.5, 0.6) is 0 Å². The molecule has 1 N–H and O–H groups in total. The fourth-order valence-electron chi connectivity index (χ4n) is 3.36. The quantitative estimate of drug-likeness (QED) is 0.479. The normalized spacial score (nSPS) is 10.9. The number of carbonyl (C=O) groups is 2. The number of aromatic carboxylic acids is 1. The van der Waals surface area contributed by atoms with Crippen LogP contribution in [0.3, 0.4) is 0 Å². The highest BCUT2D eigenvalue weighted by Crippen LogP contribution is 2.24. The molecule has 6 nitrogen and oxygen atoms in total. The molecular weight excluding hydrogens is 378 g/mol. The lowest BCUT2D eigenvalue weighted by molar-refractivity contribution is 0.0697. The molecule has 0 aliphatic carbocycles. The molecule has 1 heterocycles. The predicted molar refractivity (Wildman–Crippen MR) is 116 cm³/mol. The molecule has 2 aromatic carbocycles. The van der Waals surface area contributed by atoms with E-state index in [1.165, 1.54) is 0 Å². The van der Waals surface area contributed by atoms with E-state index in [0.29, 0.717) is 24.4 Å². The standard InChI is InChI=1S/C24H27N3O3/c1-3-5-11-21(28)23-25-22(8-4-2)27(26-23)16-17-12-14-18(15-13-17)19-9-6-7-10-20(19)24(29)30/h6-7,9-10,12-15H,3-5,8,11,16H2,1-2H3,(H,29,30). The molecule has 0 bridgehead atoms. The monoisotopic (exact) mass is 405 g/mol. The number of carbonyl (C=O) groups excluding carboxylic acids is 1. The molecule has 0 saturated carbocycles. The summed E-state index contributed by atoms with van der Waals surface area (Å²) in [6.07, 6.45) is 3.97. The third-order valence-electron chi connectivity index (χ3n) is 4.98. The Bertz CT molecular complexity index is 1020. The van der Waals surface area contributed by atoms with Crippen molar-refractivity contribution in [3.63, 3.8) is 0 Å². The highest BCUT2D eigenvalue weighted by atomic mass is 16.4. The van der Waals surface area contributed by atoms with Crippen molar-refractivity contribution < 1.29 is 14.7 Å². The van der Waals surface area contributed by atoms with Crippen LogP contribution in [0.25, 0.3) is 11.1 Å². The lowest BCUT2D eigenvalue weighted by atomic mass is 9.99. The molecule has 0 atom stereocenters. The summed E-state index contributed by atoms with van der Waals surface area (Å²) >= 11 is 0. The van der Waals surface area contributed by atoms with Gasteiger partial charge in [0.25, 0.3) is 0 Å². The number of aromatic nitrogens is 3. The van der Waals surface area contributed by atoms with E-state index < -0.39 is 5.97 Å². The number of unbranched alkanes of at least 4 members (excludes halogenated alkanes) is 1. The van der Waals surface area contributed by atoms with Crippen LogP contribution in [0.15, 0.2) is 48.5 Å². The first-order chi connectivity index (χ1) is 14.5. The van der Waals surface area contributed by atoms with Gasteiger partial charge in [-0.05, 0) is 35.6 Å². The second-order valence-corrected chi connectivity index (χ2v) is 7.33. The first kappa shape index (κ1) is 21.4. The number of nitrogens with zero attached hydrogens (tertiary/aromatic N) is 3. The molecule has 156 valence electrons. The van der Waals surface area contributed by atoms with Crippen molar-refractivity contribution in [2.24, 2.45) is 0 Å². The molecule has 0 spiro atoms. The molecule has 0 aliphatic rings. The summed E-state index contributed by atoms with van der Waals surface area (Å²) in [5.74, 6) is 0.173. The van der Waals surface area contributed by atoms with E-state index in [1.54, 1.807) is 12.1 Å². The minimum Gasteiger partial charge on any atom is -0.478 e. The minimum absolute atomic E-state index is 0.00595. The van der Waals surface area contributed by atoms with Gasteiger partial charge in [-0.2, -0.15) is 0 Å². The molecule has 30 heavy (non-hydrogen) atoms. The van der Waals surface area contributed by atoms with Crippen LogP contribution in [0, 0.1) is 0 Å². The molecule has 0 amide bonds. The first-order valence-electron chi connectivity index (χ1n) is 10.4. The summed E-state index contributed by atoms with van der Waals surface area (Å²) in [4.78, 5) is 28.3. The molecule has 0 radical (unpaired) electrons. The molecule has 0 fully saturated rings. The van der Waals surface area contributed by atoms with Crippen molar-refractivity contribution in [3.8, 4) is 11.1 Å². The lowest BCUT2D eigenvalue weighted by Crippen LogP contribution is -2.08. The molecule has 1 aromatic heterocycles. The van der Waals surface area contributed by atoms with Crippen LogP contribution in [0.2, 0.25) is 0 Å². The third kappa shape index (κ3) is 5.00. The van der Waals surface area contributed by atoms with E-state index in [-0.39, 0.29) is 11.3 Å². The Balaban J connectivity index is 1.82. The Morgan fingerprint density at radius 2 is 1.73 bits per heavy atom. The highest BCUT2D eigenvalue weighted by Gasteiger charge is 2.16. The van der Waals surface area contributed by atoms with Crippen molar-refractivity contribution in [2.45, 2.75) is 52.5 Å². The third-order valence-corrected chi connectivity index (χ3v) is 4.98. The zero-order chi connectivity index (χ0) is 21.5. The van der Waals surface area contributed by atoms with Gasteiger partial charge in [0.15, 0.2) is 0 Å². The number of hydrogen-bond acceptors (Lipinski definition) is 4. The summed E-state index contributed by atoms with van der Waals surface area (Å²) in [5.41, 5.74) is 2.83. The van der Waals surface area contributed by atoms with Crippen molar-refractivity contribution in [2.75, 3.05) is 0 Å². The molecule has 0 unspecified atom stereocenters. The van der Waals surface area contributed by atoms with Gasteiger partial charge in [0.2, 0.25) is 11.6 Å². The second-order valence-electron chi connectivity index (χ2n) is 7.33. The van der Waals surface area contributed by atoms with E-state index in [0.717, 1.165) is 42.6 Å². The number of carboxylic acid groups (broad SMARTS) is 1. The van der Waals surface area contributed by atoms with Crippen LogP contribution >= 0.6 is 0 Å². The fourth-order valence-corrected chi connectivity index (χ4v) is 3.36. The summed E-state index contributed by atoms with van der Waals surface area (Å²) in [7, 11) is 0. The van der Waals surface area contributed by atoms with Crippen molar-refractivity contribution in [3.05, 3.63) is 71.3 Å². The van der Waals surface area contributed by atoms with Crippen LogP contribution in [-0.4, -0.2) is 31.6 Å². The average molecular weight is 405 g/mol. The van der Waals surface area contributed by atoms with Crippen molar-refractivity contribution in [1.82, 2.24) is 14.8 Å². The van der Waals surface area contributed by atoms with Gasteiger partial charge >= 0.3 is 5.97 Å². The predicted octanol–water partition coefficient (Wildman–Crippen LogP) is 5.02. The van der Waals surface area contributed by atoms with Crippen LogP contribution in [-0.2, 0) is 13.0 Å². The zero-order valence-electron chi connectivity index (χ0n) is 17.5. The van der Waals surface area contributed by atoms with E-state index in [1.807, 2.05) is 41.1 Å². The minimum atomic E-state index is -0.943. The Hall–Kier alpha value is -3.28. The Morgan fingerprint density at radius 1 is 1.00 bits per heavy atom. The SMILES string of the molecule is CCCCC(=O)c1nc(CCC)n(Cc2ccc(-c3ccccc3C(=O)O)cc2)n1. The van der Waals surface area contributed by atoms with Crippen molar-refractivity contribution in [1.29, 1.82) is 0 Å². The van der Waals surface area contributed by atoms with E-state index >= 15 is 0 Å². The van der Waals surface area contributed by atoms with Crippen LogP contribution in [0.4, 0.5) is 0 Å². The second kappa shape index (κ2) is 9.96. The van der Waals surface area contributed by atoms with E-state index in [2.05, 4.69) is 23.9 Å². The van der Waals surface area contributed by atoms with Gasteiger partial charge in [-0.25, -0.2) is 14.5 Å². The number of rotatable bonds is 10. The van der Waals surface area contributed by atoms with E-state index in [4.69, 9.17) is 0 Å². The smallest absolute Gasteiger partial charge is 0.336 e. The fraction of sp³-hybridized carbons (Fsp3) is 0.333. The number of Topliss-reactive ketones (excluding diaryl/α,β-unsaturated/α-hetero) is 1. The van der Waals surface area contributed by atoms with Gasteiger partial charge in [-0.3, -0.25) is 4.79 Å². The maximum atomic E-state index is 12.3. The summed E-state index contributed by atoms with van der Waals surface area (Å²) in [6.45, 7) is 4.65. The Morgan fingerprint density at radius 3 is 2.40 bits per heavy atom. The molecular formula is C24H27N3O3. The Labute approximate surface area is 176 Å². The molecule has 3 rings (SSSR count). The number of carboxylic acids is 1. The Kier molecular flexibility index (Phi) is 7.12. The average Bonchev–Trinajstić information content (AvgIpc) is 3.15. The van der Waals surface area contributed by atoms with Gasteiger partial charge in [0, 0.05) is 12.8 Å². The molecule has 0 saturated heterocycles. The van der Waals surface area contributed by atoms with E-state index in [9.17, 15) is 14.7 Å². The number of hydrogen-bond donors (Lipinski definition) is 1.